The Morgan fingerprint density at radius 2 is 1.83 bits per heavy atom. The molecule has 1 aromatic carbocycles. The summed E-state index contributed by atoms with van der Waals surface area (Å²) in [5.74, 6) is -0.635. The average molecular weight is 352 g/mol. The van der Waals surface area contributed by atoms with Crippen LogP contribution < -0.4 is 0 Å². The number of thiazole rings is 1. The monoisotopic (exact) mass is 351 g/mol. The van der Waals surface area contributed by atoms with Crippen molar-refractivity contribution in [2.24, 2.45) is 5.41 Å². The lowest BCUT2D eigenvalue weighted by molar-refractivity contribution is -0.129. The number of carbonyl (C=O) groups is 2. The van der Waals surface area contributed by atoms with Crippen LogP contribution in [0.25, 0.3) is 10.6 Å². The maximum absolute atomic E-state index is 12.2. The molecular formula is C17H18ClNO3S. The molecule has 0 unspecified atom stereocenters. The fourth-order valence-electron chi connectivity index (χ4n) is 1.71. The van der Waals surface area contributed by atoms with E-state index in [9.17, 15) is 9.59 Å². The SMILES string of the molecule is Cc1nc(-c2ccc(Cl)cc2)sc1C(=O)OCC(=O)C(C)(C)C. The molecule has 0 fully saturated rings. The number of Topliss-reactive ketones (excluding diaryl/α,β-unsaturated/α-hetero) is 1. The molecule has 0 aliphatic heterocycles. The van der Waals surface area contributed by atoms with E-state index in [0.29, 0.717) is 20.6 Å². The molecule has 1 aromatic heterocycles. The molecular weight excluding hydrogens is 334 g/mol. The molecule has 0 N–H and O–H groups in total. The van der Waals surface area contributed by atoms with Gasteiger partial charge in [-0.05, 0) is 19.1 Å². The van der Waals surface area contributed by atoms with E-state index in [-0.39, 0.29) is 12.4 Å². The van der Waals surface area contributed by atoms with Crippen LogP contribution >= 0.6 is 22.9 Å². The van der Waals surface area contributed by atoms with Crippen molar-refractivity contribution in [1.29, 1.82) is 0 Å². The minimum Gasteiger partial charge on any atom is -0.453 e. The standard InChI is InChI=1S/C17H18ClNO3S/c1-10-14(16(21)22-9-13(20)17(2,3)4)23-15(19-10)11-5-7-12(18)8-6-11/h5-8H,9H2,1-4H3. The Bertz CT molecular complexity index is 729. The van der Waals surface area contributed by atoms with Crippen molar-refractivity contribution < 1.29 is 14.3 Å². The molecule has 0 saturated carbocycles. The van der Waals surface area contributed by atoms with E-state index in [4.69, 9.17) is 16.3 Å². The van der Waals surface area contributed by atoms with Crippen molar-refractivity contribution in [2.45, 2.75) is 27.7 Å². The number of nitrogens with zero attached hydrogens (tertiary/aromatic N) is 1. The van der Waals surface area contributed by atoms with Gasteiger partial charge in [0, 0.05) is 16.0 Å². The lowest BCUT2D eigenvalue weighted by atomic mass is 9.91. The lowest BCUT2D eigenvalue weighted by Crippen LogP contribution is -2.26. The first-order chi connectivity index (χ1) is 10.7. The van der Waals surface area contributed by atoms with Gasteiger partial charge in [0.05, 0.1) is 5.69 Å². The number of rotatable bonds is 4. The van der Waals surface area contributed by atoms with Gasteiger partial charge in [-0.25, -0.2) is 9.78 Å². The van der Waals surface area contributed by atoms with Crippen molar-refractivity contribution in [3.05, 3.63) is 39.9 Å². The maximum atomic E-state index is 12.2. The normalized spacial score (nSPS) is 11.3. The number of hydrogen-bond acceptors (Lipinski definition) is 5. The zero-order valence-electron chi connectivity index (χ0n) is 13.5. The van der Waals surface area contributed by atoms with Crippen molar-refractivity contribution in [2.75, 3.05) is 6.61 Å². The minimum absolute atomic E-state index is 0.119. The molecule has 0 radical (unpaired) electrons. The van der Waals surface area contributed by atoms with Gasteiger partial charge in [0.2, 0.25) is 0 Å². The van der Waals surface area contributed by atoms with Crippen molar-refractivity contribution in [1.82, 2.24) is 4.98 Å². The molecule has 4 nitrogen and oxygen atoms in total. The highest BCUT2D eigenvalue weighted by molar-refractivity contribution is 7.17. The number of ether oxygens (including phenoxy) is 1. The Morgan fingerprint density at radius 1 is 1.22 bits per heavy atom. The Labute approximate surface area is 144 Å². The lowest BCUT2D eigenvalue weighted by Gasteiger charge is -2.15. The molecule has 2 rings (SSSR count). The van der Waals surface area contributed by atoms with Gasteiger partial charge in [-0.1, -0.05) is 44.5 Å². The average Bonchev–Trinajstić information content (AvgIpc) is 2.86. The van der Waals surface area contributed by atoms with Gasteiger partial charge in [-0.15, -0.1) is 11.3 Å². The Kier molecular flexibility index (Phi) is 5.22. The van der Waals surface area contributed by atoms with Crippen LogP contribution in [0.4, 0.5) is 0 Å². The molecule has 0 bridgehead atoms. The smallest absolute Gasteiger partial charge is 0.350 e. The molecule has 0 atom stereocenters. The summed E-state index contributed by atoms with van der Waals surface area (Å²) in [5.41, 5.74) is 0.942. The number of halogens is 1. The van der Waals surface area contributed by atoms with E-state index in [0.717, 1.165) is 5.56 Å². The number of aromatic nitrogens is 1. The fraction of sp³-hybridized carbons (Fsp3) is 0.353. The summed E-state index contributed by atoms with van der Waals surface area (Å²) in [6.45, 7) is 6.90. The Morgan fingerprint density at radius 3 is 2.39 bits per heavy atom. The first-order valence-electron chi connectivity index (χ1n) is 7.12. The number of aryl methyl sites for hydroxylation is 1. The highest BCUT2D eigenvalue weighted by Gasteiger charge is 2.24. The van der Waals surface area contributed by atoms with E-state index in [1.54, 1.807) is 39.8 Å². The molecule has 2 aromatic rings. The summed E-state index contributed by atoms with van der Waals surface area (Å²) in [6.07, 6.45) is 0. The van der Waals surface area contributed by atoms with E-state index in [1.165, 1.54) is 11.3 Å². The number of carbonyl (C=O) groups excluding carboxylic acids is 2. The van der Waals surface area contributed by atoms with Gasteiger partial charge in [-0.3, -0.25) is 4.79 Å². The van der Waals surface area contributed by atoms with E-state index in [2.05, 4.69) is 4.98 Å². The zero-order valence-corrected chi connectivity index (χ0v) is 15.0. The van der Waals surface area contributed by atoms with Gasteiger partial charge in [0.1, 0.15) is 9.88 Å². The number of ketones is 1. The molecule has 0 aliphatic rings. The largest absolute Gasteiger partial charge is 0.453 e. The third kappa shape index (κ3) is 4.39. The second-order valence-corrected chi connectivity index (χ2v) is 7.63. The summed E-state index contributed by atoms with van der Waals surface area (Å²) in [5, 5.41) is 1.36. The minimum atomic E-state index is -0.530. The van der Waals surface area contributed by atoms with Gasteiger partial charge < -0.3 is 4.74 Å². The van der Waals surface area contributed by atoms with Gasteiger partial charge in [0.25, 0.3) is 0 Å². The third-order valence-corrected chi connectivity index (χ3v) is 4.68. The highest BCUT2D eigenvalue weighted by Crippen LogP contribution is 2.29. The van der Waals surface area contributed by atoms with E-state index >= 15 is 0 Å². The quantitative estimate of drug-likeness (QED) is 0.758. The Balaban J connectivity index is 2.13. The van der Waals surface area contributed by atoms with Gasteiger partial charge in [-0.2, -0.15) is 0 Å². The highest BCUT2D eigenvalue weighted by atomic mass is 35.5. The van der Waals surface area contributed by atoms with Crippen molar-refractivity contribution >= 4 is 34.7 Å². The van der Waals surface area contributed by atoms with Crippen LogP contribution in [0, 0.1) is 12.3 Å². The predicted octanol–water partition coefficient (Wildman–Crippen LogP) is 4.54. The molecule has 1 heterocycles. The Hall–Kier alpha value is -1.72. The number of esters is 1. The zero-order chi connectivity index (χ0) is 17.2. The molecule has 0 saturated heterocycles. The fourth-order valence-corrected chi connectivity index (χ4v) is 2.81. The second kappa shape index (κ2) is 6.81. The van der Waals surface area contributed by atoms with E-state index in [1.807, 2.05) is 12.1 Å². The topological polar surface area (TPSA) is 56.3 Å². The first kappa shape index (κ1) is 17.6. The molecule has 122 valence electrons. The first-order valence-corrected chi connectivity index (χ1v) is 8.31. The number of benzene rings is 1. The molecule has 0 amide bonds. The second-order valence-electron chi connectivity index (χ2n) is 6.19. The van der Waals surface area contributed by atoms with Crippen molar-refractivity contribution in [3.8, 4) is 10.6 Å². The van der Waals surface area contributed by atoms with Crippen LogP contribution in [0.2, 0.25) is 5.02 Å². The van der Waals surface area contributed by atoms with Crippen molar-refractivity contribution in [3.63, 3.8) is 0 Å². The molecule has 6 heteroatoms. The third-order valence-electron chi connectivity index (χ3n) is 3.24. The van der Waals surface area contributed by atoms with Gasteiger partial charge in [0.15, 0.2) is 12.4 Å². The molecule has 0 aliphatic carbocycles. The van der Waals surface area contributed by atoms with Crippen LogP contribution in [0.3, 0.4) is 0 Å². The summed E-state index contributed by atoms with van der Waals surface area (Å²) in [6, 6.07) is 7.24. The van der Waals surface area contributed by atoms with Crippen LogP contribution in [-0.2, 0) is 9.53 Å². The molecule has 0 spiro atoms. The number of hydrogen-bond donors (Lipinski definition) is 0. The van der Waals surface area contributed by atoms with Crippen LogP contribution in [0.15, 0.2) is 24.3 Å². The van der Waals surface area contributed by atoms with Gasteiger partial charge >= 0.3 is 5.97 Å². The summed E-state index contributed by atoms with van der Waals surface area (Å²) in [7, 11) is 0. The van der Waals surface area contributed by atoms with Crippen LogP contribution in [0.1, 0.15) is 36.1 Å². The maximum Gasteiger partial charge on any atom is 0.350 e. The summed E-state index contributed by atoms with van der Waals surface area (Å²) >= 11 is 7.12. The summed E-state index contributed by atoms with van der Waals surface area (Å²) < 4.78 is 5.13. The van der Waals surface area contributed by atoms with Crippen LogP contribution in [0.5, 0.6) is 0 Å². The summed E-state index contributed by atoms with van der Waals surface area (Å²) in [4.78, 5) is 28.8. The van der Waals surface area contributed by atoms with E-state index < -0.39 is 11.4 Å². The molecule has 23 heavy (non-hydrogen) atoms. The predicted molar refractivity (Wildman–Crippen MR) is 92.0 cm³/mol. The van der Waals surface area contributed by atoms with Crippen LogP contribution in [-0.4, -0.2) is 23.3 Å².